The molecular weight excluding hydrogens is 425 g/mol. The Labute approximate surface area is 190 Å². The standard InChI is InChI=1S/C25H22FN3O4/c1-2-28-12-14-29(15-13-28)23-17-7-5-9-20-21(17)22(33-25(31)24(30)32-20)19(27-23)11-10-16-6-3-4-8-18(16)26/h3-11H,2,12-15H2,1H3/b11-10+. The predicted molar refractivity (Wildman–Crippen MR) is 123 cm³/mol. The van der Waals surface area contributed by atoms with Crippen LogP contribution >= 0.6 is 0 Å². The van der Waals surface area contributed by atoms with Gasteiger partial charge in [0.1, 0.15) is 23.1 Å². The first-order valence-electron chi connectivity index (χ1n) is 10.9. The van der Waals surface area contributed by atoms with Crippen LogP contribution < -0.4 is 14.4 Å². The van der Waals surface area contributed by atoms with E-state index in [1.54, 1.807) is 42.5 Å². The predicted octanol–water partition coefficient (Wildman–Crippen LogP) is 3.51. The maximum atomic E-state index is 14.2. The molecule has 0 spiro atoms. The Morgan fingerprint density at radius 1 is 0.970 bits per heavy atom. The summed E-state index contributed by atoms with van der Waals surface area (Å²) in [5, 5.41) is 1.21. The summed E-state index contributed by atoms with van der Waals surface area (Å²) in [6, 6.07) is 11.6. The third kappa shape index (κ3) is 3.93. The van der Waals surface area contributed by atoms with Gasteiger partial charge in [-0.3, -0.25) is 0 Å². The van der Waals surface area contributed by atoms with Crippen molar-refractivity contribution in [3.63, 3.8) is 0 Å². The number of benzene rings is 2. The monoisotopic (exact) mass is 447 g/mol. The number of aromatic nitrogens is 1. The zero-order chi connectivity index (χ0) is 22.9. The molecule has 5 rings (SSSR count). The first-order valence-corrected chi connectivity index (χ1v) is 10.9. The van der Waals surface area contributed by atoms with E-state index < -0.39 is 11.9 Å². The van der Waals surface area contributed by atoms with Gasteiger partial charge in [-0.25, -0.2) is 19.0 Å². The SMILES string of the molecule is CCN1CCN(c2nc(/C=C/c3ccccc3F)c3c4c(cccc24)OC(=O)C(=O)O3)CC1. The largest absolute Gasteiger partial charge is 0.423 e. The van der Waals surface area contributed by atoms with Crippen LogP contribution in [0.5, 0.6) is 11.5 Å². The molecule has 7 nitrogen and oxygen atoms in total. The topological polar surface area (TPSA) is 72.0 Å². The molecule has 1 saturated heterocycles. The van der Waals surface area contributed by atoms with E-state index in [1.165, 1.54) is 6.07 Å². The minimum absolute atomic E-state index is 0.125. The summed E-state index contributed by atoms with van der Waals surface area (Å²) >= 11 is 0. The molecule has 0 bridgehead atoms. The quantitative estimate of drug-likeness (QED) is 0.344. The Kier molecular flexibility index (Phi) is 5.51. The number of pyridine rings is 1. The Morgan fingerprint density at radius 3 is 2.48 bits per heavy atom. The summed E-state index contributed by atoms with van der Waals surface area (Å²) in [6.07, 6.45) is 3.17. The molecule has 0 amide bonds. The van der Waals surface area contributed by atoms with E-state index in [0.717, 1.165) is 38.1 Å². The lowest BCUT2D eigenvalue weighted by Crippen LogP contribution is -2.46. The van der Waals surface area contributed by atoms with Crippen LogP contribution in [0.15, 0.2) is 42.5 Å². The number of anilines is 1. The van der Waals surface area contributed by atoms with Gasteiger partial charge in [0.25, 0.3) is 0 Å². The number of carbonyl (C=O) groups excluding carboxylic acids is 2. The van der Waals surface area contributed by atoms with Gasteiger partial charge in [-0.1, -0.05) is 37.3 Å². The smallest absolute Gasteiger partial charge is 0.417 e. The second kappa shape index (κ2) is 8.63. The van der Waals surface area contributed by atoms with Crippen molar-refractivity contribution in [1.82, 2.24) is 9.88 Å². The van der Waals surface area contributed by atoms with Gasteiger partial charge in [0.05, 0.1) is 5.39 Å². The van der Waals surface area contributed by atoms with E-state index in [1.807, 2.05) is 6.07 Å². The van der Waals surface area contributed by atoms with Gasteiger partial charge in [-0.2, -0.15) is 0 Å². The number of carbonyl (C=O) groups is 2. The maximum Gasteiger partial charge on any atom is 0.423 e. The minimum atomic E-state index is -1.13. The van der Waals surface area contributed by atoms with Crippen LogP contribution in [-0.4, -0.2) is 54.5 Å². The van der Waals surface area contributed by atoms with Crippen LogP contribution in [-0.2, 0) is 9.59 Å². The Balaban J connectivity index is 1.69. The molecule has 2 aliphatic heterocycles. The van der Waals surface area contributed by atoms with Crippen molar-refractivity contribution >= 4 is 40.7 Å². The highest BCUT2D eigenvalue weighted by Crippen LogP contribution is 2.42. The fraction of sp³-hybridized carbons (Fsp3) is 0.240. The zero-order valence-corrected chi connectivity index (χ0v) is 18.1. The fourth-order valence-corrected chi connectivity index (χ4v) is 4.18. The molecule has 3 aromatic rings. The number of likely N-dealkylation sites (N-methyl/N-ethyl adjacent to an activating group) is 1. The highest BCUT2D eigenvalue weighted by atomic mass is 19.1. The van der Waals surface area contributed by atoms with E-state index in [2.05, 4.69) is 16.7 Å². The third-order valence-electron chi connectivity index (χ3n) is 5.96. The third-order valence-corrected chi connectivity index (χ3v) is 5.96. The van der Waals surface area contributed by atoms with E-state index in [9.17, 15) is 14.0 Å². The first kappa shape index (κ1) is 21.1. The van der Waals surface area contributed by atoms with Gasteiger partial charge in [0, 0.05) is 37.1 Å². The summed E-state index contributed by atoms with van der Waals surface area (Å²) in [5.74, 6) is -1.55. The lowest BCUT2D eigenvalue weighted by Gasteiger charge is -2.35. The summed E-state index contributed by atoms with van der Waals surface area (Å²) < 4.78 is 24.9. The zero-order valence-electron chi connectivity index (χ0n) is 18.1. The second-order valence-electron chi connectivity index (χ2n) is 7.88. The number of esters is 2. The Hall–Kier alpha value is -3.78. The molecule has 0 N–H and O–H groups in total. The number of nitrogens with zero attached hydrogens (tertiary/aromatic N) is 3. The lowest BCUT2D eigenvalue weighted by molar-refractivity contribution is -0.155. The van der Waals surface area contributed by atoms with Crippen molar-refractivity contribution in [3.8, 4) is 11.5 Å². The highest BCUT2D eigenvalue weighted by molar-refractivity contribution is 6.32. The molecule has 0 radical (unpaired) electrons. The van der Waals surface area contributed by atoms with Gasteiger partial charge in [-0.05, 0) is 30.8 Å². The van der Waals surface area contributed by atoms with E-state index in [-0.39, 0.29) is 17.3 Å². The van der Waals surface area contributed by atoms with Gasteiger partial charge in [0.15, 0.2) is 5.75 Å². The fourth-order valence-electron chi connectivity index (χ4n) is 4.18. The van der Waals surface area contributed by atoms with Crippen LogP contribution in [0.3, 0.4) is 0 Å². The summed E-state index contributed by atoms with van der Waals surface area (Å²) in [7, 11) is 0. The van der Waals surface area contributed by atoms with Crippen molar-refractivity contribution in [3.05, 3.63) is 59.5 Å². The van der Waals surface area contributed by atoms with Crippen LogP contribution in [0.2, 0.25) is 0 Å². The Morgan fingerprint density at radius 2 is 1.73 bits per heavy atom. The summed E-state index contributed by atoms with van der Waals surface area (Å²) in [4.78, 5) is 33.7. The summed E-state index contributed by atoms with van der Waals surface area (Å²) in [6.45, 7) is 6.45. The van der Waals surface area contributed by atoms with Crippen molar-refractivity contribution < 1.29 is 23.5 Å². The minimum Gasteiger partial charge on any atom is -0.417 e. The Bertz CT molecular complexity index is 1280. The number of rotatable bonds is 4. The van der Waals surface area contributed by atoms with E-state index >= 15 is 0 Å². The number of hydrogen-bond acceptors (Lipinski definition) is 7. The molecule has 2 aromatic carbocycles. The number of halogens is 1. The molecule has 33 heavy (non-hydrogen) atoms. The molecule has 0 aliphatic carbocycles. The molecule has 1 aromatic heterocycles. The number of hydrogen-bond donors (Lipinski definition) is 0. The maximum absolute atomic E-state index is 14.2. The van der Waals surface area contributed by atoms with Crippen molar-refractivity contribution in [2.24, 2.45) is 0 Å². The molecule has 0 saturated carbocycles. The molecule has 2 aliphatic rings. The highest BCUT2D eigenvalue weighted by Gasteiger charge is 2.31. The lowest BCUT2D eigenvalue weighted by atomic mass is 10.1. The molecule has 0 unspecified atom stereocenters. The molecule has 1 fully saturated rings. The average Bonchev–Trinajstić information content (AvgIpc) is 2.96. The first-order chi connectivity index (χ1) is 16.0. The molecule has 168 valence electrons. The van der Waals surface area contributed by atoms with Gasteiger partial charge >= 0.3 is 11.9 Å². The molecule has 3 heterocycles. The van der Waals surface area contributed by atoms with Gasteiger partial charge in [-0.15, -0.1) is 0 Å². The average molecular weight is 447 g/mol. The van der Waals surface area contributed by atoms with Gasteiger partial charge in [0.2, 0.25) is 0 Å². The van der Waals surface area contributed by atoms with Crippen LogP contribution in [0, 0.1) is 5.82 Å². The van der Waals surface area contributed by atoms with E-state index in [4.69, 9.17) is 14.5 Å². The normalized spacial score (nSPS) is 16.7. The number of ether oxygens (including phenoxy) is 2. The van der Waals surface area contributed by atoms with Crippen molar-refractivity contribution in [1.29, 1.82) is 0 Å². The van der Waals surface area contributed by atoms with E-state index in [0.29, 0.717) is 22.5 Å². The second-order valence-corrected chi connectivity index (χ2v) is 7.88. The molecule has 0 atom stereocenters. The van der Waals surface area contributed by atoms with Crippen molar-refractivity contribution in [2.45, 2.75) is 6.92 Å². The van der Waals surface area contributed by atoms with Gasteiger partial charge < -0.3 is 19.3 Å². The van der Waals surface area contributed by atoms with Crippen LogP contribution in [0.25, 0.3) is 22.9 Å². The molecule has 8 heteroatoms. The van der Waals surface area contributed by atoms with Crippen molar-refractivity contribution in [2.75, 3.05) is 37.6 Å². The van der Waals surface area contributed by atoms with Crippen LogP contribution in [0.4, 0.5) is 10.2 Å². The number of piperazine rings is 1. The summed E-state index contributed by atoms with van der Waals surface area (Å²) in [5.41, 5.74) is 0.683. The van der Waals surface area contributed by atoms with Crippen LogP contribution in [0.1, 0.15) is 18.2 Å². The molecular formula is C25H22FN3O4.